The number of para-hydroxylation sites is 3. The highest BCUT2D eigenvalue weighted by atomic mass is 32.2. The second kappa shape index (κ2) is 5.30. The van der Waals surface area contributed by atoms with Gasteiger partial charge in [-0.25, -0.2) is 4.98 Å². The Balaban J connectivity index is 1.47. The van der Waals surface area contributed by atoms with E-state index in [9.17, 15) is 0 Å². The smallest absolute Gasteiger partial charge is 0.166 e. The normalized spacial score (nSPS) is 13.6. The highest BCUT2D eigenvalue weighted by Crippen LogP contribution is 2.29. The van der Waals surface area contributed by atoms with E-state index in [-0.39, 0.29) is 0 Å². The molecule has 0 aliphatic carbocycles. The maximum atomic E-state index is 5.68. The minimum Gasteiger partial charge on any atom is -0.465 e. The van der Waals surface area contributed by atoms with E-state index in [4.69, 9.17) is 4.74 Å². The van der Waals surface area contributed by atoms with Crippen molar-refractivity contribution in [3.05, 3.63) is 65.9 Å². The zero-order valence-corrected chi connectivity index (χ0v) is 12.2. The van der Waals surface area contributed by atoms with E-state index < -0.39 is 0 Å². The number of hydrogen-bond donors (Lipinski definition) is 1. The van der Waals surface area contributed by atoms with Crippen LogP contribution in [0.25, 0.3) is 11.0 Å². The van der Waals surface area contributed by atoms with Gasteiger partial charge >= 0.3 is 0 Å². The van der Waals surface area contributed by atoms with Gasteiger partial charge in [0.05, 0.1) is 17.3 Å². The van der Waals surface area contributed by atoms with Crippen LogP contribution in [0.3, 0.4) is 0 Å². The topological polar surface area (TPSA) is 37.9 Å². The molecule has 0 fully saturated rings. The number of aromatic amines is 1. The lowest BCUT2D eigenvalue weighted by Crippen LogP contribution is -2.04. The van der Waals surface area contributed by atoms with Crippen LogP contribution in [0.1, 0.15) is 5.56 Å². The van der Waals surface area contributed by atoms with Crippen LogP contribution in [-0.2, 0) is 6.42 Å². The predicted octanol–water partition coefficient (Wildman–Crippen LogP) is 4.17. The molecule has 0 atom stereocenters. The zero-order valence-electron chi connectivity index (χ0n) is 11.4. The van der Waals surface area contributed by atoms with Crippen molar-refractivity contribution < 1.29 is 4.74 Å². The van der Waals surface area contributed by atoms with E-state index in [1.807, 2.05) is 42.7 Å². The van der Waals surface area contributed by atoms with Gasteiger partial charge in [-0.2, -0.15) is 0 Å². The number of fused-ring (bicyclic) bond motifs is 2. The van der Waals surface area contributed by atoms with Crippen molar-refractivity contribution in [1.29, 1.82) is 0 Å². The summed E-state index contributed by atoms with van der Waals surface area (Å²) in [5.74, 6) is 1.85. The zero-order chi connectivity index (χ0) is 14.1. The summed E-state index contributed by atoms with van der Waals surface area (Å²) >= 11 is 1.71. The molecule has 1 aliphatic rings. The molecule has 3 nitrogen and oxygen atoms in total. The van der Waals surface area contributed by atoms with Gasteiger partial charge in [-0.1, -0.05) is 42.1 Å². The molecule has 0 spiro atoms. The summed E-state index contributed by atoms with van der Waals surface area (Å²) in [6, 6.07) is 16.3. The highest BCUT2D eigenvalue weighted by Gasteiger charge is 2.13. The van der Waals surface area contributed by atoms with Crippen LogP contribution in [0.4, 0.5) is 0 Å². The van der Waals surface area contributed by atoms with Crippen LogP contribution in [0.5, 0.6) is 5.75 Å². The first kappa shape index (κ1) is 12.5. The summed E-state index contributed by atoms with van der Waals surface area (Å²) < 4.78 is 5.68. The van der Waals surface area contributed by atoms with Gasteiger partial charge in [0.2, 0.25) is 0 Å². The minimum atomic E-state index is 0.883. The number of rotatable bonds is 3. The Labute approximate surface area is 127 Å². The molecule has 0 unspecified atom stereocenters. The van der Waals surface area contributed by atoms with Crippen molar-refractivity contribution in [3.8, 4) is 5.75 Å². The summed E-state index contributed by atoms with van der Waals surface area (Å²) in [5.41, 5.74) is 4.62. The Hall–Kier alpha value is -2.20. The molecule has 4 heteroatoms. The Kier molecular flexibility index (Phi) is 3.16. The van der Waals surface area contributed by atoms with E-state index in [1.165, 1.54) is 11.1 Å². The fourth-order valence-electron chi connectivity index (χ4n) is 2.44. The number of H-pyrrole nitrogens is 1. The van der Waals surface area contributed by atoms with E-state index in [0.717, 1.165) is 34.1 Å². The van der Waals surface area contributed by atoms with Crippen LogP contribution >= 0.6 is 11.8 Å². The number of ether oxygens (including phenoxy) is 1. The molecule has 0 amide bonds. The maximum absolute atomic E-state index is 5.68. The first-order valence-corrected chi connectivity index (χ1v) is 7.87. The second-order valence-corrected chi connectivity index (χ2v) is 5.99. The van der Waals surface area contributed by atoms with Crippen molar-refractivity contribution >= 4 is 22.8 Å². The lowest BCUT2D eigenvalue weighted by Gasteiger charge is -2.16. The monoisotopic (exact) mass is 294 g/mol. The van der Waals surface area contributed by atoms with Crippen LogP contribution in [0, 0.1) is 0 Å². The third-order valence-electron chi connectivity index (χ3n) is 3.50. The minimum absolute atomic E-state index is 0.883. The van der Waals surface area contributed by atoms with Gasteiger partial charge < -0.3 is 9.72 Å². The van der Waals surface area contributed by atoms with Gasteiger partial charge in [-0.3, -0.25) is 0 Å². The molecule has 2 heterocycles. The summed E-state index contributed by atoms with van der Waals surface area (Å²) in [6.07, 6.45) is 2.82. The molecule has 21 heavy (non-hydrogen) atoms. The molecule has 1 aromatic heterocycles. The first-order chi connectivity index (χ1) is 10.4. The van der Waals surface area contributed by atoms with E-state index in [2.05, 4.69) is 22.1 Å². The Morgan fingerprint density at radius 1 is 1.10 bits per heavy atom. The molecule has 0 saturated heterocycles. The molecule has 104 valence electrons. The molecule has 0 bridgehead atoms. The van der Waals surface area contributed by atoms with Crippen molar-refractivity contribution in [2.75, 3.05) is 5.75 Å². The molecular weight excluding hydrogens is 280 g/mol. The third kappa shape index (κ3) is 2.54. The van der Waals surface area contributed by atoms with Gasteiger partial charge in [-0.05, 0) is 29.3 Å². The average molecular weight is 294 g/mol. The van der Waals surface area contributed by atoms with Crippen LogP contribution in [-0.4, -0.2) is 15.7 Å². The fraction of sp³-hybridized carbons (Fsp3) is 0.118. The molecule has 4 rings (SSSR count). The lowest BCUT2D eigenvalue weighted by molar-refractivity contribution is 0.457. The predicted molar refractivity (Wildman–Crippen MR) is 85.7 cm³/mol. The van der Waals surface area contributed by atoms with Gasteiger partial charge in [-0.15, -0.1) is 0 Å². The summed E-state index contributed by atoms with van der Waals surface area (Å²) in [4.78, 5) is 7.92. The van der Waals surface area contributed by atoms with Crippen molar-refractivity contribution in [2.24, 2.45) is 0 Å². The van der Waals surface area contributed by atoms with Gasteiger partial charge in [0.1, 0.15) is 5.75 Å². The van der Waals surface area contributed by atoms with Crippen LogP contribution in [0.15, 0.2) is 65.5 Å². The molecule has 0 saturated carbocycles. The highest BCUT2D eigenvalue weighted by molar-refractivity contribution is 7.99. The number of hydrogen-bond acceptors (Lipinski definition) is 3. The standard InChI is InChI=1S/C17H14N2OS/c1-4-8-16-13(5-1)9-12(10-20-16)11-21-17-18-14-6-2-3-7-15(14)19-17/h1-8,10H,9,11H2,(H,18,19). The van der Waals surface area contributed by atoms with Gasteiger partial charge in [0.15, 0.2) is 5.16 Å². The molecule has 0 radical (unpaired) electrons. The first-order valence-electron chi connectivity index (χ1n) is 6.88. The van der Waals surface area contributed by atoms with Gasteiger partial charge in [0.25, 0.3) is 0 Å². The van der Waals surface area contributed by atoms with Crippen LogP contribution < -0.4 is 4.74 Å². The molecule has 1 aliphatic heterocycles. The molecular formula is C17H14N2OS. The molecule has 3 aromatic rings. The summed E-state index contributed by atoms with van der Waals surface area (Å²) in [6.45, 7) is 0. The number of aromatic nitrogens is 2. The lowest BCUT2D eigenvalue weighted by atomic mass is 10.0. The summed E-state index contributed by atoms with van der Waals surface area (Å²) in [5, 5.41) is 0.955. The number of thioether (sulfide) groups is 1. The maximum Gasteiger partial charge on any atom is 0.166 e. The van der Waals surface area contributed by atoms with Gasteiger partial charge in [0, 0.05) is 12.2 Å². The number of imidazole rings is 1. The summed E-state index contributed by atoms with van der Waals surface area (Å²) in [7, 11) is 0. The third-order valence-corrected chi connectivity index (χ3v) is 4.49. The molecule has 2 aromatic carbocycles. The van der Waals surface area contributed by atoms with Crippen LogP contribution in [0.2, 0.25) is 0 Å². The molecule has 1 N–H and O–H groups in total. The number of nitrogens with zero attached hydrogens (tertiary/aromatic N) is 1. The number of nitrogens with one attached hydrogen (secondary N) is 1. The fourth-order valence-corrected chi connectivity index (χ4v) is 3.28. The Morgan fingerprint density at radius 2 is 1.95 bits per heavy atom. The Bertz CT molecular complexity index is 789. The Morgan fingerprint density at radius 3 is 2.90 bits per heavy atom. The average Bonchev–Trinajstić information content (AvgIpc) is 2.95. The largest absolute Gasteiger partial charge is 0.465 e. The van der Waals surface area contributed by atoms with Crippen molar-refractivity contribution in [3.63, 3.8) is 0 Å². The van der Waals surface area contributed by atoms with E-state index in [0.29, 0.717) is 0 Å². The van der Waals surface area contributed by atoms with Crippen molar-refractivity contribution in [2.45, 2.75) is 11.6 Å². The SMILES string of the molecule is C1=C(CSc2nc3ccccc3[nH]2)Cc2ccccc2O1. The van der Waals surface area contributed by atoms with E-state index >= 15 is 0 Å². The number of benzene rings is 2. The second-order valence-electron chi connectivity index (χ2n) is 5.03. The van der Waals surface area contributed by atoms with Crippen molar-refractivity contribution in [1.82, 2.24) is 9.97 Å². The van der Waals surface area contributed by atoms with E-state index in [1.54, 1.807) is 11.8 Å². The quantitative estimate of drug-likeness (QED) is 0.737.